The first-order valence-electron chi connectivity index (χ1n) is 9.70. The van der Waals surface area contributed by atoms with Gasteiger partial charge in [-0.05, 0) is 30.3 Å². The molecule has 10 nitrogen and oxygen atoms in total. The van der Waals surface area contributed by atoms with Gasteiger partial charge in [-0.25, -0.2) is 24.0 Å². The number of hydrogen-bond donors (Lipinski definition) is 1. The summed E-state index contributed by atoms with van der Waals surface area (Å²) in [5, 5.41) is 11.1. The molecular weight excluding hydrogens is 401 g/mol. The molecule has 0 bridgehead atoms. The lowest BCUT2D eigenvalue weighted by Gasteiger charge is -2.35. The van der Waals surface area contributed by atoms with Crippen LogP contribution in [0, 0.1) is 5.82 Å². The first-order valence-corrected chi connectivity index (χ1v) is 9.70. The second-order valence-electron chi connectivity index (χ2n) is 7.03. The zero-order valence-electron chi connectivity index (χ0n) is 16.4. The van der Waals surface area contributed by atoms with Crippen molar-refractivity contribution in [2.24, 2.45) is 0 Å². The monoisotopic (exact) mass is 419 g/mol. The number of amides is 1. The average Bonchev–Trinajstić information content (AvgIpc) is 3.52. The fourth-order valence-electron chi connectivity index (χ4n) is 3.47. The van der Waals surface area contributed by atoms with Gasteiger partial charge in [0.15, 0.2) is 5.82 Å². The smallest absolute Gasteiger partial charge is 0.272 e. The number of halogens is 1. The van der Waals surface area contributed by atoms with Crippen molar-refractivity contribution in [2.45, 2.75) is 0 Å². The Morgan fingerprint density at radius 3 is 2.48 bits per heavy atom. The van der Waals surface area contributed by atoms with E-state index in [0.29, 0.717) is 43.4 Å². The first-order chi connectivity index (χ1) is 15.2. The lowest BCUT2D eigenvalue weighted by Crippen LogP contribution is -2.49. The molecule has 1 aliphatic rings. The van der Waals surface area contributed by atoms with Gasteiger partial charge in [0.05, 0.1) is 5.69 Å². The van der Waals surface area contributed by atoms with E-state index < -0.39 is 0 Å². The van der Waals surface area contributed by atoms with E-state index in [-0.39, 0.29) is 11.7 Å². The number of piperazine rings is 1. The van der Waals surface area contributed by atoms with Crippen LogP contribution in [0.5, 0.6) is 0 Å². The summed E-state index contributed by atoms with van der Waals surface area (Å²) < 4.78 is 14.7. The van der Waals surface area contributed by atoms with E-state index in [9.17, 15) is 9.18 Å². The molecule has 0 spiro atoms. The van der Waals surface area contributed by atoms with Crippen LogP contribution < -0.4 is 4.90 Å². The highest BCUT2D eigenvalue weighted by atomic mass is 19.1. The number of rotatable bonds is 4. The topological polar surface area (TPSA) is 109 Å². The summed E-state index contributed by atoms with van der Waals surface area (Å²) in [6.07, 6.45) is 4.52. The zero-order valence-corrected chi connectivity index (χ0v) is 16.4. The van der Waals surface area contributed by atoms with Gasteiger partial charge in [0.25, 0.3) is 5.91 Å². The highest BCUT2D eigenvalue weighted by Gasteiger charge is 2.24. The Kier molecular flexibility index (Phi) is 4.83. The summed E-state index contributed by atoms with van der Waals surface area (Å²) >= 11 is 0. The van der Waals surface area contributed by atoms with Crippen LogP contribution >= 0.6 is 0 Å². The third-order valence-corrected chi connectivity index (χ3v) is 5.13. The Morgan fingerprint density at radius 1 is 0.968 bits per heavy atom. The Labute approximate surface area is 176 Å². The molecule has 5 rings (SSSR count). The van der Waals surface area contributed by atoms with Crippen LogP contribution in [0.2, 0.25) is 0 Å². The van der Waals surface area contributed by atoms with Gasteiger partial charge in [-0.1, -0.05) is 0 Å². The summed E-state index contributed by atoms with van der Waals surface area (Å²) in [5.41, 5.74) is 1.75. The van der Waals surface area contributed by atoms with Gasteiger partial charge < -0.3 is 9.80 Å². The first kappa shape index (κ1) is 18.9. The fourth-order valence-corrected chi connectivity index (χ4v) is 3.47. The van der Waals surface area contributed by atoms with Crippen LogP contribution in [0.1, 0.15) is 10.5 Å². The quantitative estimate of drug-likeness (QED) is 0.535. The van der Waals surface area contributed by atoms with Crippen LogP contribution in [0.25, 0.3) is 17.1 Å². The van der Waals surface area contributed by atoms with E-state index in [2.05, 4.69) is 35.1 Å². The summed E-state index contributed by atoms with van der Waals surface area (Å²) in [6.45, 7) is 2.37. The molecule has 1 fully saturated rings. The minimum Gasteiger partial charge on any atom is -0.353 e. The van der Waals surface area contributed by atoms with Gasteiger partial charge in [0.2, 0.25) is 0 Å². The Morgan fingerprint density at radius 2 is 1.74 bits per heavy atom. The second-order valence-corrected chi connectivity index (χ2v) is 7.03. The molecule has 1 amide bonds. The van der Waals surface area contributed by atoms with Gasteiger partial charge in [-0.2, -0.15) is 10.2 Å². The zero-order chi connectivity index (χ0) is 21.2. The minimum atomic E-state index is -0.314. The van der Waals surface area contributed by atoms with Crippen molar-refractivity contribution in [3.05, 3.63) is 66.9 Å². The number of nitrogens with one attached hydrogen (secondary N) is 1. The molecule has 4 heterocycles. The average molecular weight is 419 g/mol. The summed E-state index contributed by atoms with van der Waals surface area (Å²) in [7, 11) is 0. The maximum Gasteiger partial charge on any atom is 0.272 e. The molecule has 0 unspecified atom stereocenters. The van der Waals surface area contributed by atoms with Crippen molar-refractivity contribution in [3.63, 3.8) is 0 Å². The van der Waals surface area contributed by atoms with Crippen LogP contribution in [0.3, 0.4) is 0 Å². The number of carbonyl (C=O) groups excluding carboxylic acids is 1. The SMILES string of the molecule is O=C(c1cc(-c2ccc(F)cc2)n[nH]1)N1CCN(c2cc(-n3cncn3)ncn2)CC1. The van der Waals surface area contributed by atoms with Crippen molar-refractivity contribution >= 4 is 11.7 Å². The van der Waals surface area contributed by atoms with E-state index >= 15 is 0 Å². The molecule has 1 saturated heterocycles. The molecule has 156 valence electrons. The van der Waals surface area contributed by atoms with Crippen molar-refractivity contribution in [1.82, 2.24) is 39.8 Å². The number of anilines is 1. The molecule has 31 heavy (non-hydrogen) atoms. The van der Waals surface area contributed by atoms with Crippen molar-refractivity contribution in [3.8, 4) is 17.1 Å². The molecule has 0 radical (unpaired) electrons. The van der Waals surface area contributed by atoms with Crippen LogP contribution in [-0.2, 0) is 0 Å². The predicted molar refractivity (Wildman–Crippen MR) is 109 cm³/mol. The van der Waals surface area contributed by atoms with E-state index in [1.165, 1.54) is 24.8 Å². The number of carbonyl (C=O) groups is 1. The van der Waals surface area contributed by atoms with Crippen LogP contribution in [0.15, 0.2) is 55.4 Å². The highest BCUT2D eigenvalue weighted by molar-refractivity contribution is 5.93. The maximum atomic E-state index is 13.1. The molecule has 1 aliphatic heterocycles. The van der Waals surface area contributed by atoms with Crippen LogP contribution in [0.4, 0.5) is 10.2 Å². The molecule has 3 aromatic heterocycles. The Balaban J connectivity index is 1.24. The highest BCUT2D eigenvalue weighted by Crippen LogP contribution is 2.20. The van der Waals surface area contributed by atoms with E-state index in [0.717, 1.165) is 11.4 Å². The predicted octanol–water partition coefficient (Wildman–Crippen LogP) is 1.55. The number of aromatic amines is 1. The molecule has 1 aromatic carbocycles. The molecule has 0 atom stereocenters. The standard InChI is InChI=1S/C20H18FN9O/c21-15-3-1-14(2-4-15)16-9-17(27-26-16)20(31)29-7-5-28(6-8-29)18-10-19(24-12-23-18)30-13-22-11-25-30/h1-4,9-13H,5-8H2,(H,26,27). The van der Waals surface area contributed by atoms with Crippen molar-refractivity contribution < 1.29 is 9.18 Å². The minimum absolute atomic E-state index is 0.119. The lowest BCUT2D eigenvalue weighted by atomic mass is 10.1. The third-order valence-electron chi connectivity index (χ3n) is 5.13. The largest absolute Gasteiger partial charge is 0.353 e. The second kappa shape index (κ2) is 7.94. The summed E-state index contributed by atoms with van der Waals surface area (Å²) in [4.78, 5) is 29.3. The lowest BCUT2D eigenvalue weighted by molar-refractivity contribution is 0.0740. The van der Waals surface area contributed by atoms with Crippen molar-refractivity contribution in [1.29, 1.82) is 0 Å². The fraction of sp³-hybridized carbons (Fsp3) is 0.200. The van der Waals surface area contributed by atoms with Gasteiger partial charge in [-0.3, -0.25) is 9.89 Å². The normalized spacial score (nSPS) is 14.1. The van der Waals surface area contributed by atoms with E-state index in [4.69, 9.17) is 0 Å². The number of nitrogens with zero attached hydrogens (tertiary/aromatic N) is 8. The molecule has 0 saturated carbocycles. The summed E-state index contributed by atoms with van der Waals surface area (Å²) in [6, 6.07) is 9.53. The molecule has 11 heteroatoms. The van der Waals surface area contributed by atoms with E-state index in [1.54, 1.807) is 34.1 Å². The van der Waals surface area contributed by atoms with Gasteiger partial charge in [0.1, 0.15) is 36.3 Å². The third kappa shape index (κ3) is 3.84. The van der Waals surface area contributed by atoms with Crippen molar-refractivity contribution in [2.75, 3.05) is 31.1 Å². The number of aromatic nitrogens is 7. The van der Waals surface area contributed by atoms with Crippen LogP contribution in [-0.4, -0.2) is 71.9 Å². The van der Waals surface area contributed by atoms with Gasteiger partial charge >= 0.3 is 0 Å². The number of benzene rings is 1. The van der Waals surface area contributed by atoms with Gasteiger partial charge in [-0.15, -0.1) is 0 Å². The molecular formula is C20H18FN9O. The van der Waals surface area contributed by atoms with E-state index in [1.807, 2.05) is 6.07 Å². The Bertz CT molecular complexity index is 1180. The number of hydrogen-bond acceptors (Lipinski definition) is 7. The molecule has 1 N–H and O–H groups in total. The summed E-state index contributed by atoms with van der Waals surface area (Å²) in [5.74, 6) is 0.969. The number of H-pyrrole nitrogens is 1. The maximum absolute atomic E-state index is 13.1. The molecule has 4 aromatic rings. The Hall–Kier alpha value is -4.15. The van der Waals surface area contributed by atoms with Gasteiger partial charge in [0, 0.05) is 37.8 Å². The molecule has 0 aliphatic carbocycles.